The van der Waals surface area contributed by atoms with Crippen molar-refractivity contribution in [3.8, 4) is 9.88 Å². The highest BCUT2D eigenvalue weighted by Gasteiger charge is 2.16. The molecule has 0 atom stereocenters. The molecule has 0 amide bonds. The van der Waals surface area contributed by atoms with Crippen LogP contribution in [0, 0.1) is 0 Å². The van der Waals surface area contributed by atoms with Crippen LogP contribution in [0.3, 0.4) is 0 Å². The first-order valence-electron chi connectivity index (χ1n) is 7.02. The average molecular weight is 293 g/mol. The molecule has 3 nitrogen and oxygen atoms in total. The molecule has 1 aliphatic rings. The molecule has 0 aromatic carbocycles. The van der Waals surface area contributed by atoms with Crippen molar-refractivity contribution in [2.45, 2.75) is 45.6 Å². The summed E-state index contributed by atoms with van der Waals surface area (Å²) < 4.78 is 0. The van der Waals surface area contributed by atoms with Gasteiger partial charge in [-0.05, 0) is 50.3 Å². The highest BCUT2D eigenvalue weighted by Crippen LogP contribution is 2.36. The lowest BCUT2D eigenvalue weighted by molar-refractivity contribution is 0.668. The van der Waals surface area contributed by atoms with Crippen molar-refractivity contribution in [2.75, 3.05) is 6.54 Å². The van der Waals surface area contributed by atoms with Gasteiger partial charge in [0, 0.05) is 11.4 Å². The smallest absolute Gasteiger partial charge is 0.157 e. The van der Waals surface area contributed by atoms with Gasteiger partial charge in [-0.25, -0.2) is 0 Å². The number of nitrogens with zero attached hydrogens (tertiary/aromatic N) is 2. The molecule has 5 heteroatoms. The number of hydrogen-bond acceptors (Lipinski definition) is 5. The summed E-state index contributed by atoms with van der Waals surface area (Å²) >= 11 is 3.64. The minimum atomic E-state index is 0.844. The summed E-state index contributed by atoms with van der Waals surface area (Å²) in [6.07, 6.45) is 6.34. The van der Waals surface area contributed by atoms with Crippen LogP contribution >= 0.6 is 22.7 Å². The maximum absolute atomic E-state index is 4.35. The van der Waals surface area contributed by atoms with Crippen LogP contribution in [0.1, 0.15) is 41.6 Å². The van der Waals surface area contributed by atoms with E-state index in [2.05, 4.69) is 28.5 Å². The van der Waals surface area contributed by atoms with Crippen LogP contribution in [0.5, 0.6) is 0 Å². The van der Waals surface area contributed by atoms with Gasteiger partial charge in [0.15, 0.2) is 5.01 Å². The van der Waals surface area contributed by atoms with Gasteiger partial charge in [-0.2, -0.15) is 0 Å². The number of fused-ring (bicyclic) bond motifs is 1. The predicted molar refractivity (Wildman–Crippen MR) is 81.9 cm³/mol. The zero-order valence-corrected chi connectivity index (χ0v) is 12.9. The molecular weight excluding hydrogens is 274 g/mol. The molecule has 102 valence electrons. The third kappa shape index (κ3) is 3.04. The molecule has 0 saturated carbocycles. The lowest BCUT2D eigenvalue weighted by Crippen LogP contribution is -2.13. The van der Waals surface area contributed by atoms with Crippen molar-refractivity contribution >= 4 is 22.7 Å². The minimum Gasteiger partial charge on any atom is -0.310 e. The molecule has 0 radical (unpaired) electrons. The summed E-state index contributed by atoms with van der Waals surface area (Å²) in [5.74, 6) is 0. The van der Waals surface area contributed by atoms with Crippen molar-refractivity contribution in [3.63, 3.8) is 0 Å². The summed E-state index contributed by atoms with van der Waals surface area (Å²) in [6.45, 7) is 4.06. The Bertz CT molecular complexity index is 521. The Hall–Kier alpha value is -0.780. The minimum absolute atomic E-state index is 0.844. The average Bonchev–Trinajstić information content (AvgIpc) is 3.04. The number of rotatable bonds is 5. The zero-order chi connectivity index (χ0) is 13.1. The summed E-state index contributed by atoms with van der Waals surface area (Å²) in [7, 11) is 0. The molecular formula is C14H19N3S2. The number of aryl methyl sites for hydroxylation is 2. The third-order valence-electron chi connectivity index (χ3n) is 3.38. The Morgan fingerprint density at radius 1 is 1.21 bits per heavy atom. The molecule has 2 heterocycles. The van der Waals surface area contributed by atoms with Crippen LogP contribution in [0.15, 0.2) is 6.07 Å². The quantitative estimate of drug-likeness (QED) is 0.855. The Morgan fingerprint density at radius 2 is 2.11 bits per heavy atom. The molecule has 0 fully saturated rings. The van der Waals surface area contributed by atoms with Crippen molar-refractivity contribution in [1.82, 2.24) is 15.5 Å². The van der Waals surface area contributed by atoms with E-state index < -0.39 is 0 Å². The topological polar surface area (TPSA) is 37.8 Å². The number of thiophene rings is 1. The zero-order valence-electron chi connectivity index (χ0n) is 11.2. The van der Waals surface area contributed by atoms with E-state index in [0.717, 1.165) is 29.5 Å². The van der Waals surface area contributed by atoms with Crippen LogP contribution in [0.2, 0.25) is 0 Å². The number of aromatic nitrogens is 2. The summed E-state index contributed by atoms with van der Waals surface area (Å²) in [5.41, 5.74) is 1.55. The van der Waals surface area contributed by atoms with Crippen LogP contribution in [0.4, 0.5) is 0 Å². The highest BCUT2D eigenvalue weighted by molar-refractivity contribution is 7.21. The molecule has 2 aromatic heterocycles. The molecule has 1 aliphatic carbocycles. The molecule has 19 heavy (non-hydrogen) atoms. The van der Waals surface area contributed by atoms with Crippen LogP contribution < -0.4 is 5.32 Å². The van der Waals surface area contributed by atoms with Crippen molar-refractivity contribution in [2.24, 2.45) is 0 Å². The van der Waals surface area contributed by atoms with Crippen LogP contribution in [-0.4, -0.2) is 16.7 Å². The monoisotopic (exact) mass is 293 g/mol. The molecule has 0 spiro atoms. The summed E-state index contributed by atoms with van der Waals surface area (Å²) in [5, 5.41) is 14.2. The van der Waals surface area contributed by atoms with Gasteiger partial charge in [-0.1, -0.05) is 18.3 Å². The SMILES string of the molecule is CCCNCc1nnc(-c2cc3c(s2)CCCC3)s1. The Kier molecular flexibility index (Phi) is 4.25. The van der Waals surface area contributed by atoms with E-state index in [1.165, 1.54) is 30.6 Å². The molecule has 2 aromatic rings. The van der Waals surface area contributed by atoms with Gasteiger partial charge in [0.25, 0.3) is 0 Å². The summed E-state index contributed by atoms with van der Waals surface area (Å²) in [4.78, 5) is 2.88. The Balaban J connectivity index is 1.73. The molecule has 1 N–H and O–H groups in total. The molecule has 0 aliphatic heterocycles. The highest BCUT2D eigenvalue weighted by atomic mass is 32.1. The van der Waals surface area contributed by atoms with Crippen LogP contribution in [-0.2, 0) is 19.4 Å². The fourth-order valence-electron chi connectivity index (χ4n) is 2.39. The van der Waals surface area contributed by atoms with Crippen molar-refractivity contribution in [3.05, 3.63) is 21.5 Å². The van der Waals surface area contributed by atoms with E-state index >= 15 is 0 Å². The molecule has 0 saturated heterocycles. The maximum Gasteiger partial charge on any atom is 0.157 e. The molecule has 0 unspecified atom stereocenters. The lowest BCUT2D eigenvalue weighted by Gasteiger charge is -2.08. The van der Waals surface area contributed by atoms with Crippen LogP contribution in [0.25, 0.3) is 9.88 Å². The predicted octanol–water partition coefficient (Wildman–Crippen LogP) is 3.65. The summed E-state index contributed by atoms with van der Waals surface area (Å²) in [6, 6.07) is 2.34. The van der Waals surface area contributed by atoms with E-state index in [4.69, 9.17) is 0 Å². The molecule has 3 rings (SSSR count). The van der Waals surface area contributed by atoms with E-state index in [-0.39, 0.29) is 0 Å². The van der Waals surface area contributed by atoms with Crippen molar-refractivity contribution < 1.29 is 0 Å². The van der Waals surface area contributed by atoms with E-state index in [9.17, 15) is 0 Å². The number of nitrogens with one attached hydrogen (secondary N) is 1. The maximum atomic E-state index is 4.35. The van der Waals surface area contributed by atoms with E-state index in [1.807, 2.05) is 11.3 Å². The first-order chi connectivity index (χ1) is 9.36. The number of hydrogen-bond donors (Lipinski definition) is 1. The van der Waals surface area contributed by atoms with Gasteiger partial charge in [-0.15, -0.1) is 21.5 Å². The fraction of sp³-hybridized carbons (Fsp3) is 0.571. The normalized spacial score (nSPS) is 14.6. The van der Waals surface area contributed by atoms with Crippen molar-refractivity contribution in [1.29, 1.82) is 0 Å². The lowest BCUT2D eigenvalue weighted by atomic mass is 9.99. The second-order valence-electron chi connectivity index (χ2n) is 4.94. The van der Waals surface area contributed by atoms with Gasteiger partial charge >= 0.3 is 0 Å². The van der Waals surface area contributed by atoms with E-state index in [1.54, 1.807) is 21.8 Å². The fourth-order valence-corrected chi connectivity index (χ4v) is 4.50. The van der Waals surface area contributed by atoms with Gasteiger partial charge in [0.1, 0.15) is 5.01 Å². The molecule has 0 bridgehead atoms. The largest absolute Gasteiger partial charge is 0.310 e. The first-order valence-corrected chi connectivity index (χ1v) is 8.65. The Morgan fingerprint density at radius 3 is 2.95 bits per heavy atom. The van der Waals surface area contributed by atoms with Gasteiger partial charge in [0.2, 0.25) is 0 Å². The second-order valence-corrected chi connectivity index (χ2v) is 7.14. The third-order valence-corrected chi connectivity index (χ3v) is 5.71. The van der Waals surface area contributed by atoms with Gasteiger partial charge in [-0.3, -0.25) is 0 Å². The Labute approximate surface area is 122 Å². The van der Waals surface area contributed by atoms with Gasteiger partial charge < -0.3 is 5.32 Å². The second kappa shape index (κ2) is 6.11. The van der Waals surface area contributed by atoms with E-state index in [0.29, 0.717) is 0 Å². The first kappa shape index (κ1) is 13.2. The standard InChI is InChI=1S/C14H19N3S2/c1-2-7-15-9-13-16-17-14(19-13)12-8-10-5-3-4-6-11(10)18-12/h8,15H,2-7,9H2,1H3. The van der Waals surface area contributed by atoms with Gasteiger partial charge in [0.05, 0.1) is 4.88 Å².